The fraction of sp³-hybridized carbons (Fsp3) is 0.385. The molecule has 19 heavy (non-hydrogen) atoms. The van der Waals surface area contributed by atoms with Crippen molar-refractivity contribution in [2.24, 2.45) is 5.73 Å². The molecule has 1 heterocycles. The van der Waals surface area contributed by atoms with Crippen LogP contribution in [-0.2, 0) is 9.59 Å². The van der Waals surface area contributed by atoms with Gasteiger partial charge in [-0.05, 0) is 5.56 Å². The second kappa shape index (κ2) is 6.08. The number of carbonyl (C=O) groups excluding carboxylic acids is 1. The predicted octanol–water partition coefficient (Wildman–Crippen LogP) is 0.715. The molecule has 1 fully saturated rings. The minimum Gasteiger partial charge on any atom is -0.480 e. The number of aliphatic carboxylic acids is 1. The van der Waals surface area contributed by atoms with E-state index >= 15 is 0 Å². The molecule has 2 rings (SSSR count). The van der Waals surface area contributed by atoms with Crippen molar-refractivity contribution in [1.29, 1.82) is 0 Å². The van der Waals surface area contributed by atoms with E-state index in [1.54, 1.807) is 23.9 Å². The van der Waals surface area contributed by atoms with Crippen LogP contribution in [0.5, 0.6) is 0 Å². The third kappa shape index (κ3) is 3.08. The van der Waals surface area contributed by atoms with Crippen molar-refractivity contribution >= 4 is 23.6 Å². The number of carboxylic acid groups (broad SMARTS) is 1. The molecule has 0 spiro atoms. The van der Waals surface area contributed by atoms with Crippen LogP contribution < -0.4 is 5.73 Å². The highest BCUT2D eigenvalue weighted by molar-refractivity contribution is 7.99. The number of carbonyl (C=O) groups is 2. The molecule has 6 heteroatoms. The molecule has 1 aromatic carbocycles. The lowest BCUT2D eigenvalue weighted by atomic mass is 10.1. The minimum absolute atomic E-state index is 0.320. The van der Waals surface area contributed by atoms with Crippen molar-refractivity contribution < 1.29 is 14.7 Å². The Hall–Kier alpha value is -1.53. The van der Waals surface area contributed by atoms with Crippen molar-refractivity contribution in [2.75, 3.05) is 18.1 Å². The average Bonchev–Trinajstić information content (AvgIpc) is 2.46. The molecule has 102 valence electrons. The van der Waals surface area contributed by atoms with Crippen LogP contribution in [0.15, 0.2) is 30.3 Å². The first-order valence-electron chi connectivity index (χ1n) is 6.03. The van der Waals surface area contributed by atoms with Crippen molar-refractivity contribution in [3.05, 3.63) is 35.9 Å². The van der Waals surface area contributed by atoms with Crippen molar-refractivity contribution in [1.82, 2.24) is 4.90 Å². The number of nitrogens with zero attached hydrogens (tertiary/aromatic N) is 1. The van der Waals surface area contributed by atoms with E-state index in [2.05, 4.69) is 0 Å². The Kier molecular flexibility index (Phi) is 4.44. The number of thioether (sulfide) groups is 1. The first-order valence-corrected chi connectivity index (χ1v) is 7.18. The molecular formula is C13H16N2O3S. The SMILES string of the molecule is N[C@H](C(=O)N1CCSCC1C(=O)O)c1ccccc1. The topological polar surface area (TPSA) is 83.6 Å². The maximum Gasteiger partial charge on any atom is 0.327 e. The van der Waals surface area contributed by atoms with Crippen LogP contribution in [0.25, 0.3) is 0 Å². The van der Waals surface area contributed by atoms with Gasteiger partial charge in [-0.3, -0.25) is 4.79 Å². The van der Waals surface area contributed by atoms with Gasteiger partial charge in [-0.25, -0.2) is 4.79 Å². The maximum absolute atomic E-state index is 12.3. The summed E-state index contributed by atoms with van der Waals surface area (Å²) in [7, 11) is 0. The summed E-state index contributed by atoms with van der Waals surface area (Å²) in [5.74, 6) is -0.126. The van der Waals surface area contributed by atoms with Crippen LogP contribution in [0.3, 0.4) is 0 Å². The van der Waals surface area contributed by atoms with E-state index in [0.717, 1.165) is 5.75 Å². The number of hydrogen-bond donors (Lipinski definition) is 2. The van der Waals surface area contributed by atoms with E-state index in [9.17, 15) is 9.59 Å². The first-order chi connectivity index (χ1) is 9.11. The molecule has 1 unspecified atom stereocenters. The zero-order valence-corrected chi connectivity index (χ0v) is 11.2. The number of benzene rings is 1. The van der Waals surface area contributed by atoms with Crippen LogP contribution in [0.2, 0.25) is 0 Å². The van der Waals surface area contributed by atoms with Crippen LogP contribution in [0, 0.1) is 0 Å². The standard InChI is InChI=1S/C13H16N2O3S/c14-11(9-4-2-1-3-5-9)12(16)15-6-7-19-8-10(15)13(17)18/h1-5,10-11H,6-8,14H2,(H,17,18)/t10?,11-/m0/s1. The summed E-state index contributed by atoms with van der Waals surface area (Å²) >= 11 is 1.54. The Labute approximate surface area is 115 Å². The first kappa shape index (κ1) is 13.9. The third-order valence-electron chi connectivity index (χ3n) is 3.12. The van der Waals surface area contributed by atoms with Gasteiger partial charge in [-0.15, -0.1) is 0 Å². The van der Waals surface area contributed by atoms with Gasteiger partial charge < -0.3 is 15.7 Å². The van der Waals surface area contributed by atoms with E-state index in [1.165, 1.54) is 4.90 Å². The van der Waals surface area contributed by atoms with Crippen LogP contribution in [-0.4, -0.2) is 46.0 Å². The number of nitrogens with two attached hydrogens (primary N) is 1. The maximum atomic E-state index is 12.3. The molecule has 0 aromatic heterocycles. The van der Waals surface area contributed by atoms with Gasteiger partial charge in [-0.2, -0.15) is 11.8 Å². The molecule has 1 aromatic rings. The van der Waals surface area contributed by atoms with Crippen LogP contribution in [0.4, 0.5) is 0 Å². The second-order valence-corrected chi connectivity index (χ2v) is 5.50. The minimum atomic E-state index is -0.971. The van der Waals surface area contributed by atoms with Gasteiger partial charge in [-0.1, -0.05) is 30.3 Å². The fourth-order valence-electron chi connectivity index (χ4n) is 2.05. The normalized spacial score (nSPS) is 20.9. The molecule has 1 saturated heterocycles. The Bertz CT molecular complexity index is 466. The molecule has 5 nitrogen and oxygen atoms in total. The summed E-state index contributed by atoms with van der Waals surface area (Å²) in [4.78, 5) is 24.9. The van der Waals surface area contributed by atoms with Gasteiger partial charge in [0.05, 0.1) is 0 Å². The summed E-state index contributed by atoms with van der Waals surface area (Å²) in [6, 6.07) is 7.44. The van der Waals surface area contributed by atoms with E-state index < -0.39 is 18.1 Å². The monoisotopic (exact) mass is 280 g/mol. The largest absolute Gasteiger partial charge is 0.480 e. The number of amides is 1. The molecule has 0 saturated carbocycles. The Morgan fingerprint density at radius 3 is 2.68 bits per heavy atom. The Balaban J connectivity index is 2.15. The number of rotatable bonds is 3. The molecule has 1 amide bonds. The molecule has 0 bridgehead atoms. The highest BCUT2D eigenvalue weighted by Crippen LogP contribution is 2.21. The van der Waals surface area contributed by atoms with Crippen molar-refractivity contribution in [3.63, 3.8) is 0 Å². The Morgan fingerprint density at radius 2 is 2.05 bits per heavy atom. The van der Waals surface area contributed by atoms with E-state index in [1.807, 2.05) is 18.2 Å². The van der Waals surface area contributed by atoms with Crippen molar-refractivity contribution in [2.45, 2.75) is 12.1 Å². The highest BCUT2D eigenvalue weighted by Gasteiger charge is 2.34. The molecule has 1 aliphatic heterocycles. The molecule has 2 atom stereocenters. The molecule has 1 aliphatic rings. The van der Waals surface area contributed by atoms with E-state index in [0.29, 0.717) is 17.9 Å². The lowest BCUT2D eigenvalue weighted by molar-refractivity contribution is -0.149. The van der Waals surface area contributed by atoms with Crippen LogP contribution >= 0.6 is 11.8 Å². The van der Waals surface area contributed by atoms with Gasteiger partial charge in [0.1, 0.15) is 12.1 Å². The Morgan fingerprint density at radius 1 is 1.37 bits per heavy atom. The zero-order chi connectivity index (χ0) is 13.8. The lowest BCUT2D eigenvalue weighted by Gasteiger charge is -2.34. The predicted molar refractivity (Wildman–Crippen MR) is 73.8 cm³/mol. The van der Waals surface area contributed by atoms with Gasteiger partial charge in [0, 0.05) is 18.1 Å². The highest BCUT2D eigenvalue weighted by atomic mass is 32.2. The van der Waals surface area contributed by atoms with Gasteiger partial charge >= 0.3 is 5.97 Å². The fourth-order valence-corrected chi connectivity index (χ4v) is 3.09. The summed E-state index contributed by atoms with van der Waals surface area (Å²) < 4.78 is 0. The summed E-state index contributed by atoms with van der Waals surface area (Å²) in [6.07, 6.45) is 0. The smallest absolute Gasteiger partial charge is 0.327 e. The number of hydrogen-bond acceptors (Lipinski definition) is 4. The van der Waals surface area contributed by atoms with Gasteiger partial charge in [0.25, 0.3) is 0 Å². The molecule has 3 N–H and O–H groups in total. The van der Waals surface area contributed by atoms with E-state index in [-0.39, 0.29) is 5.91 Å². The molecular weight excluding hydrogens is 264 g/mol. The third-order valence-corrected chi connectivity index (χ3v) is 4.14. The lowest BCUT2D eigenvalue weighted by Crippen LogP contribution is -2.52. The zero-order valence-electron chi connectivity index (χ0n) is 10.4. The average molecular weight is 280 g/mol. The van der Waals surface area contributed by atoms with Gasteiger partial charge in [0.15, 0.2) is 0 Å². The summed E-state index contributed by atoms with van der Waals surface area (Å²) in [5, 5.41) is 9.16. The summed E-state index contributed by atoms with van der Waals surface area (Å²) in [5.41, 5.74) is 6.64. The summed E-state index contributed by atoms with van der Waals surface area (Å²) in [6.45, 7) is 0.432. The quantitative estimate of drug-likeness (QED) is 0.852. The number of carboxylic acids is 1. The molecule has 0 aliphatic carbocycles. The van der Waals surface area contributed by atoms with Crippen LogP contribution in [0.1, 0.15) is 11.6 Å². The van der Waals surface area contributed by atoms with Gasteiger partial charge in [0.2, 0.25) is 5.91 Å². The second-order valence-electron chi connectivity index (χ2n) is 4.35. The van der Waals surface area contributed by atoms with E-state index in [4.69, 9.17) is 10.8 Å². The molecule has 0 radical (unpaired) electrons. The van der Waals surface area contributed by atoms with Crippen molar-refractivity contribution in [3.8, 4) is 0 Å².